The van der Waals surface area contributed by atoms with E-state index in [1.54, 1.807) is 37.6 Å². The number of hydrogen-bond donors (Lipinski definition) is 1. The molecule has 1 aromatic carbocycles. The number of amides is 1. The zero-order valence-corrected chi connectivity index (χ0v) is 11.6. The molecule has 0 atom stereocenters. The minimum Gasteiger partial charge on any atom is -0.497 e. The molecule has 0 saturated heterocycles. The van der Waals surface area contributed by atoms with Crippen molar-refractivity contribution in [3.63, 3.8) is 0 Å². The van der Waals surface area contributed by atoms with Gasteiger partial charge >= 0.3 is 0 Å². The summed E-state index contributed by atoms with van der Waals surface area (Å²) in [6, 6.07) is 8.73. The van der Waals surface area contributed by atoms with Gasteiger partial charge in [-0.05, 0) is 38.1 Å². The van der Waals surface area contributed by atoms with Gasteiger partial charge in [0.05, 0.1) is 13.3 Å². The van der Waals surface area contributed by atoms with Crippen LogP contribution in [0.2, 0.25) is 0 Å². The second-order valence-corrected chi connectivity index (χ2v) is 4.30. The van der Waals surface area contributed by atoms with Crippen LogP contribution in [0.5, 0.6) is 5.75 Å². The molecule has 20 heavy (non-hydrogen) atoms. The van der Waals surface area contributed by atoms with Crippen molar-refractivity contribution in [3.05, 3.63) is 53.0 Å². The van der Waals surface area contributed by atoms with Crippen molar-refractivity contribution >= 4 is 12.1 Å². The predicted octanol–water partition coefficient (Wildman–Crippen LogP) is 2.67. The molecular weight excluding hydrogens is 256 g/mol. The Morgan fingerprint density at radius 2 is 2.15 bits per heavy atom. The van der Waals surface area contributed by atoms with Crippen molar-refractivity contribution in [3.8, 4) is 5.75 Å². The average Bonchev–Trinajstić information content (AvgIpc) is 2.77. The van der Waals surface area contributed by atoms with Crippen molar-refractivity contribution in [2.75, 3.05) is 7.11 Å². The second-order valence-electron chi connectivity index (χ2n) is 4.30. The Hall–Kier alpha value is -2.56. The van der Waals surface area contributed by atoms with E-state index in [0.717, 1.165) is 17.1 Å². The zero-order chi connectivity index (χ0) is 14.5. The summed E-state index contributed by atoms with van der Waals surface area (Å²) < 4.78 is 10.4. The van der Waals surface area contributed by atoms with Crippen molar-refractivity contribution in [1.29, 1.82) is 0 Å². The molecule has 0 radical (unpaired) electrons. The minimum atomic E-state index is -0.294. The van der Waals surface area contributed by atoms with E-state index in [-0.39, 0.29) is 5.91 Å². The Morgan fingerprint density at radius 1 is 1.35 bits per heavy atom. The van der Waals surface area contributed by atoms with Gasteiger partial charge in [0.15, 0.2) is 0 Å². The average molecular weight is 272 g/mol. The van der Waals surface area contributed by atoms with Crippen LogP contribution in [0.25, 0.3) is 0 Å². The summed E-state index contributed by atoms with van der Waals surface area (Å²) in [4.78, 5) is 11.9. The van der Waals surface area contributed by atoms with Crippen LogP contribution >= 0.6 is 0 Å². The molecule has 1 amide bonds. The number of methoxy groups -OCH3 is 1. The molecule has 1 N–H and O–H groups in total. The smallest absolute Gasteiger partial charge is 0.271 e. The van der Waals surface area contributed by atoms with Gasteiger partial charge in [0, 0.05) is 11.1 Å². The first-order valence-electron chi connectivity index (χ1n) is 6.14. The van der Waals surface area contributed by atoms with Crippen LogP contribution < -0.4 is 10.2 Å². The predicted molar refractivity (Wildman–Crippen MR) is 76.2 cm³/mol. The molecule has 104 valence electrons. The molecular formula is C15H16N2O3. The van der Waals surface area contributed by atoms with E-state index in [4.69, 9.17) is 9.15 Å². The Morgan fingerprint density at radius 3 is 2.80 bits per heavy atom. The van der Waals surface area contributed by atoms with E-state index < -0.39 is 0 Å². The first kappa shape index (κ1) is 13.9. The molecule has 0 spiro atoms. The van der Waals surface area contributed by atoms with Crippen molar-refractivity contribution in [1.82, 2.24) is 5.43 Å². The van der Waals surface area contributed by atoms with Crippen LogP contribution in [0.4, 0.5) is 0 Å². The van der Waals surface area contributed by atoms with Crippen molar-refractivity contribution in [2.24, 2.45) is 5.10 Å². The summed E-state index contributed by atoms with van der Waals surface area (Å²) in [6.07, 6.45) is 1.56. The minimum absolute atomic E-state index is 0.294. The first-order valence-corrected chi connectivity index (χ1v) is 6.14. The molecule has 0 aliphatic carbocycles. The number of furan rings is 1. The molecule has 0 aliphatic rings. The third kappa shape index (κ3) is 3.26. The Balaban J connectivity index is 2.03. The van der Waals surface area contributed by atoms with Crippen LogP contribution in [0.15, 0.2) is 39.9 Å². The fraction of sp³-hybridized carbons (Fsp3) is 0.200. The molecule has 2 aromatic rings. The molecule has 0 bridgehead atoms. The fourth-order valence-electron chi connectivity index (χ4n) is 1.77. The highest BCUT2D eigenvalue weighted by atomic mass is 16.5. The number of rotatable bonds is 4. The normalized spacial score (nSPS) is 10.8. The van der Waals surface area contributed by atoms with Crippen LogP contribution in [-0.4, -0.2) is 19.2 Å². The highest BCUT2D eigenvalue weighted by Crippen LogP contribution is 2.13. The van der Waals surface area contributed by atoms with Gasteiger partial charge in [0.1, 0.15) is 17.3 Å². The molecule has 1 heterocycles. The van der Waals surface area contributed by atoms with E-state index >= 15 is 0 Å². The lowest BCUT2D eigenvalue weighted by Gasteiger charge is -2.02. The third-order valence-electron chi connectivity index (χ3n) is 2.78. The fourth-order valence-corrected chi connectivity index (χ4v) is 1.77. The van der Waals surface area contributed by atoms with E-state index in [2.05, 4.69) is 10.5 Å². The Kier molecular flexibility index (Phi) is 4.20. The number of ether oxygens (including phenoxy) is 1. The standard InChI is InChI=1S/C15H16N2O3/c1-10-7-13(11(2)20-10)9-16-17-15(18)12-5-4-6-14(8-12)19-3/h4-9H,1-3H3,(H,17,18)/b16-9+. The summed E-state index contributed by atoms with van der Waals surface area (Å²) >= 11 is 0. The van der Waals surface area contributed by atoms with Gasteiger partial charge in [0.2, 0.25) is 0 Å². The quantitative estimate of drug-likeness (QED) is 0.687. The van der Waals surface area contributed by atoms with Gasteiger partial charge in [-0.2, -0.15) is 5.10 Å². The number of nitrogens with zero attached hydrogens (tertiary/aromatic N) is 1. The summed E-state index contributed by atoms with van der Waals surface area (Å²) in [7, 11) is 1.55. The lowest BCUT2D eigenvalue weighted by Crippen LogP contribution is -2.17. The maximum atomic E-state index is 11.9. The lowest BCUT2D eigenvalue weighted by atomic mass is 10.2. The Bertz CT molecular complexity index is 644. The van der Waals surface area contributed by atoms with Gasteiger partial charge in [-0.25, -0.2) is 5.43 Å². The van der Waals surface area contributed by atoms with Gasteiger partial charge in [-0.15, -0.1) is 0 Å². The molecule has 0 saturated carbocycles. The SMILES string of the molecule is COc1cccc(C(=O)N/N=C/c2cc(C)oc2C)c1. The zero-order valence-electron chi connectivity index (χ0n) is 11.6. The molecule has 5 nitrogen and oxygen atoms in total. The van der Waals surface area contributed by atoms with Crippen LogP contribution in [-0.2, 0) is 0 Å². The van der Waals surface area contributed by atoms with Crippen LogP contribution in [0.3, 0.4) is 0 Å². The Labute approximate surface area is 117 Å². The number of carbonyl (C=O) groups is 1. The highest BCUT2D eigenvalue weighted by molar-refractivity contribution is 5.95. The van der Waals surface area contributed by atoms with E-state index in [1.807, 2.05) is 19.9 Å². The highest BCUT2D eigenvalue weighted by Gasteiger charge is 2.05. The number of nitrogens with one attached hydrogen (secondary N) is 1. The lowest BCUT2D eigenvalue weighted by molar-refractivity contribution is 0.0955. The van der Waals surface area contributed by atoms with Gasteiger partial charge < -0.3 is 9.15 Å². The number of hydrogen-bond acceptors (Lipinski definition) is 4. The molecule has 0 aliphatic heterocycles. The van der Waals surface area contributed by atoms with Crippen LogP contribution in [0, 0.1) is 13.8 Å². The maximum absolute atomic E-state index is 11.9. The van der Waals surface area contributed by atoms with Crippen molar-refractivity contribution in [2.45, 2.75) is 13.8 Å². The summed E-state index contributed by atoms with van der Waals surface area (Å²) in [5.74, 6) is 1.91. The molecule has 0 fully saturated rings. The summed E-state index contributed by atoms with van der Waals surface area (Å²) in [6.45, 7) is 3.71. The van der Waals surface area contributed by atoms with Crippen molar-refractivity contribution < 1.29 is 13.9 Å². The molecule has 1 aromatic heterocycles. The van der Waals surface area contributed by atoms with E-state index in [0.29, 0.717) is 11.3 Å². The number of benzene rings is 1. The number of carbonyl (C=O) groups excluding carboxylic acids is 1. The number of hydrazone groups is 1. The topological polar surface area (TPSA) is 63.8 Å². The monoisotopic (exact) mass is 272 g/mol. The maximum Gasteiger partial charge on any atom is 0.271 e. The van der Waals surface area contributed by atoms with E-state index in [9.17, 15) is 4.79 Å². The number of aryl methyl sites for hydroxylation is 2. The largest absolute Gasteiger partial charge is 0.497 e. The third-order valence-corrected chi connectivity index (χ3v) is 2.78. The van der Waals surface area contributed by atoms with E-state index in [1.165, 1.54) is 0 Å². The summed E-state index contributed by atoms with van der Waals surface area (Å²) in [5, 5.41) is 3.92. The first-order chi connectivity index (χ1) is 9.60. The second kappa shape index (κ2) is 6.06. The van der Waals surface area contributed by atoms with Gasteiger partial charge in [-0.1, -0.05) is 6.07 Å². The van der Waals surface area contributed by atoms with Crippen LogP contribution in [0.1, 0.15) is 27.4 Å². The van der Waals surface area contributed by atoms with Gasteiger partial charge in [0.25, 0.3) is 5.91 Å². The molecule has 0 unspecified atom stereocenters. The molecule has 2 rings (SSSR count). The molecule has 5 heteroatoms. The van der Waals surface area contributed by atoms with Gasteiger partial charge in [-0.3, -0.25) is 4.79 Å². The summed E-state index contributed by atoms with van der Waals surface area (Å²) in [5.41, 5.74) is 3.80.